The lowest BCUT2D eigenvalue weighted by Crippen LogP contribution is -2.36. The third-order valence-electron chi connectivity index (χ3n) is 3.55. The molecular formula is C15H20O2. The van der Waals surface area contributed by atoms with Gasteiger partial charge in [0.2, 0.25) is 0 Å². The summed E-state index contributed by atoms with van der Waals surface area (Å²) in [5, 5.41) is 10.5. The predicted molar refractivity (Wildman–Crippen MR) is 68.0 cm³/mol. The van der Waals surface area contributed by atoms with E-state index in [4.69, 9.17) is 0 Å². The lowest BCUT2D eigenvalue weighted by atomic mass is 9.80. The molecule has 0 saturated heterocycles. The van der Waals surface area contributed by atoms with Crippen molar-refractivity contribution in [3.05, 3.63) is 34.9 Å². The van der Waals surface area contributed by atoms with E-state index in [2.05, 4.69) is 32.0 Å². The van der Waals surface area contributed by atoms with E-state index >= 15 is 0 Å². The number of ketones is 1. The number of hydrogen-bond donors (Lipinski definition) is 1. The van der Waals surface area contributed by atoms with Crippen LogP contribution in [0.3, 0.4) is 0 Å². The van der Waals surface area contributed by atoms with E-state index in [1.54, 1.807) is 0 Å². The van der Waals surface area contributed by atoms with Gasteiger partial charge in [-0.1, -0.05) is 29.3 Å². The van der Waals surface area contributed by atoms with E-state index in [1.165, 1.54) is 16.7 Å². The molecule has 0 radical (unpaired) electrons. The summed E-state index contributed by atoms with van der Waals surface area (Å²) in [5.74, 6) is 0.287. The van der Waals surface area contributed by atoms with Crippen LogP contribution in [0.1, 0.15) is 42.4 Å². The smallest absolute Gasteiger partial charge is 0.133 e. The minimum Gasteiger partial charge on any atom is -0.390 e. The normalized spacial score (nSPS) is 19.4. The second kappa shape index (κ2) is 4.61. The summed E-state index contributed by atoms with van der Waals surface area (Å²) >= 11 is 0. The Morgan fingerprint density at radius 3 is 2.18 bits per heavy atom. The fraction of sp³-hybridized carbons (Fsp3) is 0.533. The SMILES string of the molecule is Cc1cc(C)cc(CC2(O)CCC(=O)CC2)c1. The van der Waals surface area contributed by atoms with Crippen LogP contribution < -0.4 is 0 Å². The van der Waals surface area contributed by atoms with E-state index in [9.17, 15) is 9.90 Å². The molecule has 0 atom stereocenters. The molecule has 0 bridgehead atoms. The van der Waals surface area contributed by atoms with Crippen molar-refractivity contribution < 1.29 is 9.90 Å². The number of benzene rings is 1. The zero-order valence-electron chi connectivity index (χ0n) is 10.6. The molecule has 1 aliphatic rings. The van der Waals surface area contributed by atoms with E-state index < -0.39 is 5.60 Å². The Morgan fingerprint density at radius 2 is 1.65 bits per heavy atom. The lowest BCUT2D eigenvalue weighted by molar-refractivity contribution is -0.125. The van der Waals surface area contributed by atoms with Gasteiger partial charge in [0.1, 0.15) is 5.78 Å². The number of carbonyl (C=O) groups is 1. The summed E-state index contributed by atoms with van der Waals surface area (Å²) in [4.78, 5) is 11.2. The molecule has 1 aromatic rings. The summed E-state index contributed by atoms with van der Waals surface area (Å²) in [6.45, 7) is 4.15. The van der Waals surface area contributed by atoms with Crippen molar-refractivity contribution in [1.29, 1.82) is 0 Å². The zero-order chi connectivity index (χ0) is 12.5. The molecule has 0 heterocycles. The van der Waals surface area contributed by atoms with Crippen molar-refractivity contribution in [2.45, 2.75) is 51.6 Å². The summed E-state index contributed by atoms with van der Waals surface area (Å²) in [6, 6.07) is 6.39. The van der Waals surface area contributed by atoms with Crippen LogP contribution in [0.25, 0.3) is 0 Å². The van der Waals surface area contributed by atoms with Gasteiger partial charge in [0, 0.05) is 19.3 Å². The number of carbonyl (C=O) groups excluding carboxylic acids is 1. The minimum absolute atomic E-state index is 0.287. The molecule has 17 heavy (non-hydrogen) atoms. The highest BCUT2D eigenvalue weighted by Crippen LogP contribution is 2.30. The maximum Gasteiger partial charge on any atom is 0.133 e. The first kappa shape index (κ1) is 12.3. The molecule has 1 fully saturated rings. The number of Topliss-reactive ketones (excluding diaryl/α,β-unsaturated/α-hetero) is 1. The third-order valence-corrected chi connectivity index (χ3v) is 3.55. The highest BCUT2D eigenvalue weighted by atomic mass is 16.3. The molecule has 1 aromatic carbocycles. The first-order valence-corrected chi connectivity index (χ1v) is 6.28. The van der Waals surface area contributed by atoms with E-state index in [0.717, 1.165) is 0 Å². The number of aryl methyl sites for hydroxylation is 2. The minimum atomic E-state index is -0.672. The van der Waals surface area contributed by atoms with Gasteiger partial charge in [-0.25, -0.2) is 0 Å². The van der Waals surface area contributed by atoms with Crippen molar-refractivity contribution in [3.63, 3.8) is 0 Å². The number of rotatable bonds is 2. The van der Waals surface area contributed by atoms with Crippen molar-refractivity contribution in [2.75, 3.05) is 0 Å². The summed E-state index contributed by atoms with van der Waals surface area (Å²) in [5.41, 5.74) is 2.97. The Bertz CT molecular complexity index is 404. The highest BCUT2D eigenvalue weighted by Gasteiger charge is 2.32. The molecule has 1 N–H and O–H groups in total. The molecule has 0 aromatic heterocycles. The van der Waals surface area contributed by atoms with Crippen LogP contribution in [0.2, 0.25) is 0 Å². The second-order valence-corrected chi connectivity index (χ2v) is 5.44. The van der Waals surface area contributed by atoms with Gasteiger partial charge in [-0.15, -0.1) is 0 Å². The average Bonchev–Trinajstić information content (AvgIpc) is 2.21. The van der Waals surface area contributed by atoms with E-state index in [1.807, 2.05) is 0 Å². The Kier molecular flexibility index (Phi) is 3.34. The second-order valence-electron chi connectivity index (χ2n) is 5.44. The Balaban J connectivity index is 2.11. The molecule has 92 valence electrons. The first-order chi connectivity index (χ1) is 7.97. The summed E-state index contributed by atoms with van der Waals surface area (Å²) in [7, 11) is 0. The Morgan fingerprint density at radius 1 is 1.12 bits per heavy atom. The van der Waals surface area contributed by atoms with Crippen molar-refractivity contribution in [2.24, 2.45) is 0 Å². The fourth-order valence-corrected chi connectivity index (χ4v) is 2.72. The monoisotopic (exact) mass is 232 g/mol. The van der Waals surface area contributed by atoms with Gasteiger partial charge in [0.15, 0.2) is 0 Å². The van der Waals surface area contributed by atoms with Gasteiger partial charge < -0.3 is 5.11 Å². The van der Waals surface area contributed by atoms with E-state index in [-0.39, 0.29) is 5.78 Å². The van der Waals surface area contributed by atoms with Gasteiger partial charge in [-0.3, -0.25) is 4.79 Å². The maximum atomic E-state index is 11.2. The molecule has 2 heteroatoms. The van der Waals surface area contributed by atoms with Crippen LogP contribution in [0, 0.1) is 13.8 Å². The Labute approximate surface area is 103 Å². The molecule has 0 aliphatic heterocycles. The van der Waals surface area contributed by atoms with Crippen LogP contribution in [0.4, 0.5) is 0 Å². The van der Waals surface area contributed by atoms with Crippen molar-refractivity contribution in [3.8, 4) is 0 Å². The maximum absolute atomic E-state index is 11.2. The fourth-order valence-electron chi connectivity index (χ4n) is 2.72. The lowest BCUT2D eigenvalue weighted by Gasteiger charge is -2.31. The molecule has 1 aliphatic carbocycles. The molecule has 2 nitrogen and oxygen atoms in total. The van der Waals surface area contributed by atoms with Crippen LogP contribution in [-0.4, -0.2) is 16.5 Å². The van der Waals surface area contributed by atoms with Crippen LogP contribution >= 0.6 is 0 Å². The number of hydrogen-bond acceptors (Lipinski definition) is 2. The predicted octanol–water partition coefficient (Wildman–Crippen LogP) is 2.72. The van der Waals surface area contributed by atoms with E-state index in [0.29, 0.717) is 32.1 Å². The first-order valence-electron chi connectivity index (χ1n) is 6.28. The van der Waals surface area contributed by atoms with Crippen LogP contribution in [0.5, 0.6) is 0 Å². The standard InChI is InChI=1S/C15H20O2/c1-11-7-12(2)9-13(8-11)10-15(17)5-3-14(16)4-6-15/h7-9,17H,3-6,10H2,1-2H3. The van der Waals surface area contributed by atoms with Crippen molar-refractivity contribution >= 4 is 5.78 Å². The molecular weight excluding hydrogens is 212 g/mol. The van der Waals surface area contributed by atoms with Gasteiger partial charge in [-0.05, 0) is 32.3 Å². The molecule has 0 unspecified atom stereocenters. The third kappa shape index (κ3) is 3.16. The average molecular weight is 232 g/mol. The molecule has 1 saturated carbocycles. The highest BCUT2D eigenvalue weighted by molar-refractivity contribution is 5.79. The Hall–Kier alpha value is -1.15. The van der Waals surface area contributed by atoms with Gasteiger partial charge in [0.05, 0.1) is 5.60 Å². The van der Waals surface area contributed by atoms with Crippen LogP contribution in [-0.2, 0) is 11.2 Å². The molecule has 2 rings (SSSR count). The largest absolute Gasteiger partial charge is 0.390 e. The van der Waals surface area contributed by atoms with Gasteiger partial charge in [-0.2, -0.15) is 0 Å². The van der Waals surface area contributed by atoms with Crippen LogP contribution in [0.15, 0.2) is 18.2 Å². The van der Waals surface area contributed by atoms with Gasteiger partial charge in [0.25, 0.3) is 0 Å². The van der Waals surface area contributed by atoms with Gasteiger partial charge >= 0.3 is 0 Å². The van der Waals surface area contributed by atoms with Crippen molar-refractivity contribution in [1.82, 2.24) is 0 Å². The quantitative estimate of drug-likeness (QED) is 0.851. The zero-order valence-corrected chi connectivity index (χ0v) is 10.6. The number of aliphatic hydroxyl groups is 1. The molecule has 0 amide bonds. The summed E-state index contributed by atoms with van der Waals surface area (Å²) < 4.78 is 0. The topological polar surface area (TPSA) is 37.3 Å². The summed E-state index contributed by atoms with van der Waals surface area (Å²) in [6.07, 6.45) is 2.95. The molecule has 0 spiro atoms.